The molecule has 78 heavy (non-hydrogen) atoms. The van der Waals surface area contributed by atoms with Crippen LogP contribution >= 0.6 is 0 Å². The zero-order valence-electron chi connectivity index (χ0n) is 44.3. The summed E-state index contributed by atoms with van der Waals surface area (Å²) in [6.07, 6.45) is 0.475. The lowest BCUT2D eigenvalue weighted by molar-refractivity contribution is -0.393. The number of nitrogens with two attached hydrogens (primary N) is 4. The molecule has 6 atom stereocenters. The molecule has 8 amide bonds. The summed E-state index contributed by atoms with van der Waals surface area (Å²) >= 11 is 0. The van der Waals surface area contributed by atoms with E-state index >= 15 is 9.59 Å². The summed E-state index contributed by atoms with van der Waals surface area (Å²) in [5.74, 6) is -9.55. The Morgan fingerprint density at radius 1 is 0.897 bits per heavy atom. The minimum absolute atomic E-state index is 0.0179. The number of nitro benzene ring substituents is 2. The van der Waals surface area contributed by atoms with Crippen LogP contribution in [-0.4, -0.2) is 136 Å². The fraction of sp³-hybridized carbons (Fsp3) is 0.510. The van der Waals surface area contributed by atoms with Crippen molar-refractivity contribution < 1.29 is 57.4 Å². The number of primary amides is 1. The van der Waals surface area contributed by atoms with Crippen molar-refractivity contribution in [2.24, 2.45) is 39.8 Å². The number of hydrogen-bond acceptors (Lipinski definition) is 19. The average Bonchev–Trinajstić information content (AvgIpc) is 3.99. The van der Waals surface area contributed by atoms with E-state index in [4.69, 9.17) is 32.1 Å². The Kier molecular flexibility index (Phi) is 21.8. The Bertz CT molecular complexity index is 2860. The minimum atomic E-state index is -2.67. The Morgan fingerprint density at radius 2 is 1.56 bits per heavy atom. The zero-order valence-corrected chi connectivity index (χ0v) is 44.3. The smallest absolute Gasteiger partial charge is 0.336 e. The maximum absolute atomic E-state index is 15.5. The second kappa shape index (κ2) is 27.4. The van der Waals surface area contributed by atoms with Crippen LogP contribution in [0.1, 0.15) is 85.6 Å². The number of nitro groups is 2. The largest absolute Gasteiger partial charge is 0.497 e. The third-order valence-corrected chi connectivity index (χ3v) is 12.6. The maximum atomic E-state index is 15.5. The van der Waals surface area contributed by atoms with Gasteiger partial charge >= 0.3 is 5.63 Å². The van der Waals surface area contributed by atoms with Crippen LogP contribution in [0, 0.1) is 32.1 Å². The lowest BCUT2D eigenvalue weighted by atomic mass is 9.80. The Hall–Kier alpha value is -8.60. The molecule has 1 saturated heterocycles. The highest BCUT2D eigenvalue weighted by Gasteiger charge is 2.53. The van der Waals surface area contributed by atoms with Gasteiger partial charge in [-0.25, -0.2) is 4.79 Å². The number of aliphatic imine (C=N–C) groups is 1. The van der Waals surface area contributed by atoms with Gasteiger partial charge in [-0.2, -0.15) is 0 Å². The number of non-ortho nitro benzene ring substituents is 1. The van der Waals surface area contributed by atoms with Crippen LogP contribution in [0.5, 0.6) is 5.75 Å². The van der Waals surface area contributed by atoms with E-state index in [9.17, 15) is 53.8 Å². The number of rotatable bonds is 27. The fourth-order valence-corrected chi connectivity index (χ4v) is 8.99. The molecule has 0 aliphatic carbocycles. The summed E-state index contributed by atoms with van der Waals surface area (Å²) in [4.78, 5) is 154. The minimum Gasteiger partial charge on any atom is -0.497 e. The Labute approximate surface area is 447 Å². The third-order valence-electron chi connectivity index (χ3n) is 12.6. The molecule has 0 radical (unpaired) electrons. The number of anilines is 1. The van der Waals surface area contributed by atoms with Gasteiger partial charge in [0.25, 0.3) is 23.2 Å². The SMILES string of the molecule is COc1ccc2c([C@](CCCN=C(N)N)(C(N)=O)N(C(C)=O)C(=O)[C@H](C)N(C(=O)C(N)CNc3ccc([N+](=O)[O-])cc3[N+](=O)[O-])C(=O)[C@H](CC(C)C)NC(=O)CNC(=O)[C@H](CC(C)C)NC(=O)[C@@H]3CCCN3)cc(=O)oc2c1. The first-order valence-corrected chi connectivity index (χ1v) is 24.9. The van der Waals surface area contributed by atoms with Crippen molar-refractivity contribution in [3.63, 3.8) is 0 Å². The van der Waals surface area contributed by atoms with E-state index in [1.165, 1.54) is 25.3 Å². The van der Waals surface area contributed by atoms with Crippen LogP contribution in [0.15, 0.2) is 56.7 Å². The van der Waals surface area contributed by atoms with E-state index in [1.54, 1.807) is 13.8 Å². The number of hydrogen-bond donors (Lipinski definition) is 9. The van der Waals surface area contributed by atoms with Crippen LogP contribution < -0.4 is 59.9 Å². The van der Waals surface area contributed by atoms with Crippen molar-refractivity contribution in [3.8, 4) is 5.75 Å². The highest BCUT2D eigenvalue weighted by Crippen LogP contribution is 2.39. The first kappa shape index (κ1) is 61.9. The monoisotopic (exact) mass is 1090 g/mol. The predicted octanol–water partition coefficient (Wildman–Crippen LogP) is -0.160. The van der Waals surface area contributed by atoms with Crippen LogP contribution in [0.4, 0.5) is 17.1 Å². The van der Waals surface area contributed by atoms with E-state index in [1.807, 2.05) is 13.8 Å². The number of imide groups is 2. The molecule has 1 fully saturated rings. The van der Waals surface area contributed by atoms with Crippen LogP contribution in [0.25, 0.3) is 11.0 Å². The van der Waals surface area contributed by atoms with E-state index in [0.29, 0.717) is 28.8 Å². The molecule has 0 bridgehead atoms. The molecule has 29 heteroatoms. The lowest BCUT2D eigenvalue weighted by Crippen LogP contribution is -2.66. The van der Waals surface area contributed by atoms with Gasteiger partial charge in [-0.05, 0) is 82.0 Å². The topological polar surface area (TPSA) is 445 Å². The number of carbonyl (C=O) groups is 8. The second-order valence-corrected chi connectivity index (χ2v) is 19.4. The van der Waals surface area contributed by atoms with E-state index in [-0.39, 0.29) is 65.7 Å². The van der Waals surface area contributed by atoms with Gasteiger partial charge in [-0.1, -0.05) is 27.7 Å². The quantitative estimate of drug-likeness (QED) is 0.0120. The molecular formula is C49H68N14O15. The number of nitrogens with zero attached hydrogens (tertiary/aromatic N) is 5. The van der Waals surface area contributed by atoms with Gasteiger partial charge in [-0.3, -0.25) is 73.4 Å². The highest BCUT2D eigenvalue weighted by molar-refractivity contribution is 6.10. The number of ether oxygens (including phenoxy) is 1. The van der Waals surface area contributed by atoms with Gasteiger partial charge in [-0.15, -0.1) is 0 Å². The molecule has 0 saturated carbocycles. The van der Waals surface area contributed by atoms with Gasteiger partial charge in [0.05, 0.1) is 35.6 Å². The number of guanidine groups is 1. The summed E-state index contributed by atoms with van der Waals surface area (Å²) in [6.45, 7) is 7.72. The first-order valence-electron chi connectivity index (χ1n) is 24.9. The third kappa shape index (κ3) is 15.5. The van der Waals surface area contributed by atoms with Crippen molar-refractivity contribution in [1.82, 2.24) is 31.1 Å². The Balaban J connectivity index is 1.86. The number of amides is 8. The number of fused-ring (bicyclic) bond motifs is 1. The summed E-state index contributed by atoms with van der Waals surface area (Å²) in [5, 5.41) is 36.7. The molecule has 424 valence electrons. The molecule has 29 nitrogen and oxygen atoms in total. The molecule has 1 aliphatic heterocycles. The zero-order chi connectivity index (χ0) is 58.3. The molecule has 2 aromatic carbocycles. The molecule has 0 spiro atoms. The normalized spacial score (nSPS) is 15.4. The van der Waals surface area contributed by atoms with Gasteiger partial charge in [0.1, 0.15) is 41.2 Å². The molecular weight excluding hydrogens is 1020 g/mol. The molecule has 1 aromatic heterocycles. The van der Waals surface area contributed by atoms with Gasteiger partial charge in [0.15, 0.2) is 11.5 Å². The van der Waals surface area contributed by atoms with Crippen LogP contribution in [0.2, 0.25) is 0 Å². The van der Waals surface area contributed by atoms with E-state index in [0.717, 1.165) is 38.5 Å². The predicted molar refractivity (Wildman–Crippen MR) is 282 cm³/mol. The molecule has 4 rings (SSSR count). The molecule has 2 heterocycles. The van der Waals surface area contributed by atoms with Crippen molar-refractivity contribution in [1.29, 1.82) is 0 Å². The first-order chi connectivity index (χ1) is 36.6. The summed E-state index contributed by atoms with van der Waals surface area (Å²) in [6, 6.07) is 0.0910. The number of nitrogens with one attached hydrogen (secondary N) is 5. The maximum Gasteiger partial charge on any atom is 0.336 e. The number of benzene rings is 2. The van der Waals surface area contributed by atoms with Gasteiger partial charge in [0.2, 0.25) is 35.4 Å². The van der Waals surface area contributed by atoms with Crippen molar-refractivity contribution in [2.45, 2.75) is 116 Å². The standard InChI is InChI=1S/C49H68N14O15/c1-25(2)18-36(59-43(68)35-10-8-16-54-35)42(67)57-24-40(65)58-37(19-26(3)4)46(71)60(45(70)33(50)23-56-34-14-11-29(62(73)74)20-38(34)63(75)76)27(5)44(69)61(28(6)64)49(47(51)72,15-9-17-55-48(52)53)32-22-41(66)78-39-21-30(77-7)12-13-31(32)39/h11-14,20-22,25-27,33,35-37,54,56H,8-10,15-19,23-24,50H2,1-7H3,(H2,51,72)(H,57,67)(H,58,65)(H,59,68)(H4,52,53,55)/t27-,33?,35-,36-,37-,49+/m0/s1. The Morgan fingerprint density at radius 3 is 2.13 bits per heavy atom. The molecule has 3 aromatic rings. The summed E-state index contributed by atoms with van der Waals surface area (Å²) in [7, 11) is 1.32. The van der Waals surface area contributed by atoms with Gasteiger partial charge in [0, 0.05) is 49.2 Å². The lowest BCUT2D eigenvalue weighted by Gasteiger charge is -2.43. The van der Waals surface area contributed by atoms with Crippen molar-refractivity contribution >= 4 is 81.2 Å². The number of carbonyl (C=O) groups excluding carboxylic acids is 8. The van der Waals surface area contributed by atoms with E-state index < -0.39 is 135 Å². The molecule has 13 N–H and O–H groups in total. The van der Waals surface area contributed by atoms with E-state index in [2.05, 4.69) is 31.6 Å². The molecule has 1 aliphatic rings. The van der Waals surface area contributed by atoms with Gasteiger partial charge < -0.3 is 58.7 Å². The summed E-state index contributed by atoms with van der Waals surface area (Å²) in [5.41, 5.74) is 17.7. The fourth-order valence-electron chi connectivity index (χ4n) is 8.99. The second-order valence-electron chi connectivity index (χ2n) is 19.4. The van der Waals surface area contributed by atoms with Crippen LogP contribution in [0.3, 0.4) is 0 Å². The number of methoxy groups -OCH3 is 1. The highest BCUT2D eigenvalue weighted by atomic mass is 16.6. The average molecular weight is 1090 g/mol. The molecule has 1 unspecified atom stereocenters. The van der Waals surface area contributed by atoms with Crippen molar-refractivity contribution in [2.75, 3.05) is 38.6 Å². The van der Waals surface area contributed by atoms with Crippen LogP contribution in [-0.2, 0) is 43.9 Å². The summed E-state index contributed by atoms with van der Waals surface area (Å²) < 4.78 is 10.7. The van der Waals surface area contributed by atoms with Crippen molar-refractivity contribution in [3.05, 3.63) is 78.7 Å².